The van der Waals surface area contributed by atoms with Crippen molar-refractivity contribution >= 4 is 33.2 Å². The van der Waals surface area contributed by atoms with Crippen LogP contribution in [-0.2, 0) is 10.0 Å². The minimum absolute atomic E-state index is 0.187. The Morgan fingerprint density at radius 1 is 0.920 bits per heavy atom. The zero-order chi connectivity index (χ0) is 18.0. The Kier molecular flexibility index (Phi) is 5.71. The third-order valence-electron chi connectivity index (χ3n) is 4.63. The molecule has 25 heavy (non-hydrogen) atoms. The van der Waals surface area contributed by atoms with Crippen LogP contribution in [0.15, 0.2) is 53.4 Å². The standard InChI is InChI=1S/C18H20Cl2N2O2S/c1-14(15-5-3-2-4-6-15)21-9-11-22(12-10-21)25(23,24)16-7-8-17(19)18(20)13-16/h2-8,13-14H,9-12H2,1H3. The summed E-state index contributed by atoms with van der Waals surface area (Å²) in [5, 5.41) is 0.598. The summed E-state index contributed by atoms with van der Waals surface area (Å²) in [5.74, 6) is 0. The molecular weight excluding hydrogens is 379 g/mol. The van der Waals surface area contributed by atoms with Gasteiger partial charge in [-0.2, -0.15) is 4.31 Å². The van der Waals surface area contributed by atoms with Gasteiger partial charge < -0.3 is 0 Å². The van der Waals surface area contributed by atoms with E-state index in [9.17, 15) is 8.42 Å². The van der Waals surface area contributed by atoms with E-state index in [0.29, 0.717) is 31.2 Å². The van der Waals surface area contributed by atoms with Gasteiger partial charge in [0.2, 0.25) is 10.0 Å². The molecule has 0 N–H and O–H groups in total. The van der Waals surface area contributed by atoms with Crippen LogP contribution in [-0.4, -0.2) is 43.8 Å². The predicted octanol–water partition coefficient (Wildman–Crippen LogP) is 4.06. The molecule has 0 bridgehead atoms. The molecule has 134 valence electrons. The average molecular weight is 399 g/mol. The van der Waals surface area contributed by atoms with Crippen molar-refractivity contribution in [2.24, 2.45) is 0 Å². The third-order valence-corrected chi connectivity index (χ3v) is 7.27. The lowest BCUT2D eigenvalue weighted by molar-refractivity contribution is 0.146. The van der Waals surface area contributed by atoms with E-state index in [4.69, 9.17) is 23.2 Å². The first-order valence-corrected chi connectivity index (χ1v) is 10.3. The molecule has 0 saturated carbocycles. The van der Waals surface area contributed by atoms with Gasteiger partial charge in [-0.15, -0.1) is 0 Å². The fourth-order valence-electron chi connectivity index (χ4n) is 3.06. The number of rotatable bonds is 4. The van der Waals surface area contributed by atoms with Crippen LogP contribution in [0.4, 0.5) is 0 Å². The molecular formula is C18H20Cl2N2O2S. The highest BCUT2D eigenvalue weighted by atomic mass is 35.5. The summed E-state index contributed by atoms with van der Waals surface area (Å²) in [7, 11) is -3.55. The molecule has 0 aliphatic carbocycles. The van der Waals surface area contributed by atoms with Gasteiger partial charge in [-0.25, -0.2) is 8.42 Å². The minimum Gasteiger partial charge on any atom is -0.294 e. The molecule has 7 heteroatoms. The van der Waals surface area contributed by atoms with E-state index in [1.807, 2.05) is 18.2 Å². The maximum atomic E-state index is 12.8. The Bertz CT molecular complexity index is 835. The number of nitrogens with zero attached hydrogens (tertiary/aromatic N) is 2. The molecule has 3 rings (SSSR count). The number of hydrogen-bond donors (Lipinski definition) is 0. The summed E-state index contributed by atoms with van der Waals surface area (Å²) in [6.45, 7) is 4.45. The summed E-state index contributed by atoms with van der Waals surface area (Å²) in [6, 6.07) is 14.9. The average Bonchev–Trinajstić information content (AvgIpc) is 2.64. The van der Waals surface area contributed by atoms with Crippen LogP contribution in [0, 0.1) is 0 Å². The summed E-state index contributed by atoms with van der Waals surface area (Å²) in [6.07, 6.45) is 0. The first kappa shape index (κ1) is 18.7. The largest absolute Gasteiger partial charge is 0.294 e. The van der Waals surface area contributed by atoms with E-state index in [2.05, 4.69) is 24.0 Å². The van der Waals surface area contributed by atoms with Crippen molar-refractivity contribution in [3.63, 3.8) is 0 Å². The van der Waals surface area contributed by atoms with E-state index in [1.54, 1.807) is 0 Å². The highest BCUT2D eigenvalue weighted by molar-refractivity contribution is 7.89. The van der Waals surface area contributed by atoms with Gasteiger partial charge in [-0.3, -0.25) is 4.90 Å². The van der Waals surface area contributed by atoms with Gasteiger partial charge in [0, 0.05) is 32.2 Å². The molecule has 1 saturated heterocycles. The Balaban J connectivity index is 1.70. The molecule has 0 radical (unpaired) electrons. The van der Waals surface area contributed by atoms with E-state index >= 15 is 0 Å². The van der Waals surface area contributed by atoms with Gasteiger partial charge in [0.1, 0.15) is 0 Å². The summed E-state index contributed by atoms with van der Waals surface area (Å²) < 4.78 is 27.1. The Morgan fingerprint density at radius 3 is 2.16 bits per heavy atom. The molecule has 1 fully saturated rings. The van der Waals surface area contributed by atoms with E-state index in [1.165, 1.54) is 28.1 Å². The normalized spacial score (nSPS) is 18.2. The number of benzene rings is 2. The van der Waals surface area contributed by atoms with Crippen LogP contribution >= 0.6 is 23.2 Å². The first-order chi connectivity index (χ1) is 11.9. The quantitative estimate of drug-likeness (QED) is 0.779. The number of piperazine rings is 1. The van der Waals surface area contributed by atoms with Crippen LogP contribution in [0.25, 0.3) is 0 Å². The zero-order valence-corrected chi connectivity index (χ0v) is 16.2. The second-order valence-corrected chi connectivity index (χ2v) is 8.85. The molecule has 2 aromatic rings. The molecule has 2 aromatic carbocycles. The highest BCUT2D eigenvalue weighted by Gasteiger charge is 2.30. The number of halogens is 2. The molecule has 1 aliphatic heterocycles. The lowest BCUT2D eigenvalue weighted by Crippen LogP contribution is -2.49. The molecule has 1 atom stereocenters. The topological polar surface area (TPSA) is 40.6 Å². The van der Waals surface area contributed by atoms with Crippen LogP contribution < -0.4 is 0 Å². The van der Waals surface area contributed by atoms with Crippen molar-refractivity contribution in [3.8, 4) is 0 Å². The van der Waals surface area contributed by atoms with E-state index < -0.39 is 10.0 Å². The Hall–Kier alpha value is -1.11. The maximum Gasteiger partial charge on any atom is 0.243 e. The molecule has 1 unspecified atom stereocenters. The van der Waals surface area contributed by atoms with Crippen LogP contribution in [0.3, 0.4) is 0 Å². The summed E-state index contributed by atoms with van der Waals surface area (Å²) in [4.78, 5) is 2.49. The van der Waals surface area contributed by atoms with Crippen molar-refractivity contribution in [2.75, 3.05) is 26.2 Å². The van der Waals surface area contributed by atoms with E-state index in [0.717, 1.165) is 0 Å². The monoisotopic (exact) mass is 398 g/mol. The van der Waals surface area contributed by atoms with Gasteiger partial charge in [-0.05, 0) is 30.7 Å². The zero-order valence-electron chi connectivity index (χ0n) is 13.9. The van der Waals surface area contributed by atoms with Gasteiger partial charge in [0.15, 0.2) is 0 Å². The fraction of sp³-hybridized carbons (Fsp3) is 0.333. The van der Waals surface area contributed by atoms with Crippen LogP contribution in [0.2, 0.25) is 10.0 Å². The Morgan fingerprint density at radius 2 is 1.56 bits per heavy atom. The van der Waals surface area contributed by atoms with Crippen molar-refractivity contribution in [1.29, 1.82) is 0 Å². The molecule has 0 spiro atoms. The van der Waals surface area contributed by atoms with E-state index in [-0.39, 0.29) is 16.0 Å². The van der Waals surface area contributed by atoms with Crippen molar-refractivity contribution in [2.45, 2.75) is 17.9 Å². The van der Waals surface area contributed by atoms with Gasteiger partial charge in [-0.1, -0.05) is 53.5 Å². The summed E-state index contributed by atoms with van der Waals surface area (Å²) >= 11 is 11.8. The number of hydrogen-bond acceptors (Lipinski definition) is 3. The van der Waals surface area contributed by atoms with Crippen molar-refractivity contribution < 1.29 is 8.42 Å². The predicted molar refractivity (Wildman–Crippen MR) is 102 cm³/mol. The molecule has 1 heterocycles. The van der Waals surface area contributed by atoms with Gasteiger partial charge in [0.25, 0.3) is 0 Å². The minimum atomic E-state index is -3.55. The maximum absolute atomic E-state index is 12.8. The van der Waals surface area contributed by atoms with Crippen LogP contribution in [0.1, 0.15) is 18.5 Å². The highest BCUT2D eigenvalue weighted by Crippen LogP contribution is 2.28. The SMILES string of the molecule is CC(c1ccccc1)N1CCN(S(=O)(=O)c2ccc(Cl)c(Cl)c2)CC1. The van der Waals surface area contributed by atoms with Crippen molar-refractivity contribution in [1.82, 2.24) is 9.21 Å². The second-order valence-electron chi connectivity index (χ2n) is 6.10. The fourth-order valence-corrected chi connectivity index (χ4v) is 4.87. The van der Waals surface area contributed by atoms with Crippen molar-refractivity contribution in [3.05, 3.63) is 64.1 Å². The molecule has 4 nitrogen and oxygen atoms in total. The molecule has 0 aromatic heterocycles. The van der Waals surface area contributed by atoms with Gasteiger partial charge in [0.05, 0.1) is 14.9 Å². The second kappa shape index (κ2) is 7.64. The lowest BCUT2D eigenvalue weighted by atomic mass is 10.1. The molecule has 0 amide bonds. The van der Waals surface area contributed by atoms with Gasteiger partial charge >= 0.3 is 0 Å². The molecule has 1 aliphatic rings. The number of sulfonamides is 1. The smallest absolute Gasteiger partial charge is 0.243 e. The van der Waals surface area contributed by atoms with Crippen LogP contribution in [0.5, 0.6) is 0 Å². The summed E-state index contributed by atoms with van der Waals surface area (Å²) in [5.41, 5.74) is 1.24. The Labute approximate surface area is 159 Å². The lowest BCUT2D eigenvalue weighted by Gasteiger charge is -2.37. The first-order valence-electron chi connectivity index (χ1n) is 8.14. The third kappa shape index (κ3) is 4.01.